The van der Waals surface area contributed by atoms with Gasteiger partial charge in [0.25, 0.3) is 0 Å². The Morgan fingerprint density at radius 3 is 3.00 bits per heavy atom. The van der Waals surface area contributed by atoms with Gasteiger partial charge in [-0.15, -0.1) is 11.6 Å². The Morgan fingerprint density at radius 1 is 1.33 bits per heavy atom. The molecule has 0 radical (unpaired) electrons. The van der Waals surface area contributed by atoms with Gasteiger partial charge >= 0.3 is 0 Å². The third-order valence-corrected chi connectivity index (χ3v) is 4.51. The average Bonchev–Trinajstić information content (AvgIpc) is 2.81. The van der Waals surface area contributed by atoms with E-state index in [4.69, 9.17) is 16.6 Å². The maximum atomic E-state index is 5.94. The van der Waals surface area contributed by atoms with Gasteiger partial charge in [0.2, 0.25) is 0 Å². The molecular weight excluding hydrogens is 286 g/mol. The third-order valence-electron chi connectivity index (χ3n) is 4.32. The van der Waals surface area contributed by atoms with Crippen LogP contribution in [0.1, 0.15) is 5.82 Å². The summed E-state index contributed by atoms with van der Waals surface area (Å²) in [6.45, 7) is 4.28. The Balaban J connectivity index is 1.92. The molecule has 0 aromatic carbocycles. The molecule has 0 N–H and O–H groups in total. The van der Waals surface area contributed by atoms with Gasteiger partial charge in [0, 0.05) is 50.7 Å². The molecule has 1 fully saturated rings. The highest BCUT2D eigenvalue weighted by Gasteiger charge is 2.24. The molecular formula is C15H22ClN5. The van der Waals surface area contributed by atoms with Crippen LogP contribution in [0.5, 0.6) is 0 Å². The summed E-state index contributed by atoms with van der Waals surface area (Å²) in [5.41, 5.74) is 2.12. The fourth-order valence-electron chi connectivity index (χ4n) is 3.02. The normalized spacial score (nSPS) is 21.2. The summed E-state index contributed by atoms with van der Waals surface area (Å²) >= 11 is 5.94. The van der Waals surface area contributed by atoms with Gasteiger partial charge in [-0.3, -0.25) is 9.88 Å². The molecule has 1 aliphatic rings. The number of fused-ring (bicyclic) bond motifs is 1. The lowest BCUT2D eigenvalue weighted by molar-refractivity contribution is 0.103. The van der Waals surface area contributed by atoms with Crippen LogP contribution in [0.25, 0.3) is 11.0 Å². The van der Waals surface area contributed by atoms with Crippen molar-refractivity contribution in [2.75, 3.05) is 39.6 Å². The highest BCUT2D eigenvalue weighted by Crippen LogP contribution is 2.18. The van der Waals surface area contributed by atoms with Crippen LogP contribution in [0.15, 0.2) is 18.5 Å². The summed E-state index contributed by atoms with van der Waals surface area (Å²) in [4.78, 5) is 13.7. The molecule has 2 aromatic heterocycles. The van der Waals surface area contributed by atoms with Crippen molar-refractivity contribution in [3.05, 3.63) is 24.3 Å². The van der Waals surface area contributed by atoms with Crippen molar-refractivity contribution in [1.82, 2.24) is 24.3 Å². The van der Waals surface area contributed by atoms with E-state index in [0.29, 0.717) is 11.9 Å². The average molecular weight is 308 g/mol. The zero-order valence-electron chi connectivity index (χ0n) is 12.7. The molecule has 1 saturated heterocycles. The lowest BCUT2D eigenvalue weighted by Gasteiger charge is -2.38. The maximum Gasteiger partial charge on any atom is 0.111 e. The Hall–Kier alpha value is -1.17. The first-order valence-corrected chi connectivity index (χ1v) is 7.96. The molecule has 0 amide bonds. The van der Waals surface area contributed by atoms with Gasteiger partial charge < -0.3 is 9.47 Å². The Labute approximate surface area is 130 Å². The zero-order chi connectivity index (χ0) is 14.8. The molecule has 21 heavy (non-hydrogen) atoms. The van der Waals surface area contributed by atoms with E-state index in [1.54, 1.807) is 0 Å². The van der Waals surface area contributed by atoms with Gasteiger partial charge in [0.15, 0.2) is 0 Å². The van der Waals surface area contributed by atoms with Crippen LogP contribution in [-0.4, -0.2) is 70.0 Å². The van der Waals surface area contributed by atoms with Gasteiger partial charge in [-0.05, 0) is 20.2 Å². The first-order valence-electron chi connectivity index (χ1n) is 7.43. The van der Waals surface area contributed by atoms with Crippen molar-refractivity contribution in [2.45, 2.75) is 19.0 Å². The van der Waals surface area contributed by atoms with Crippen LogP contribution in [-0.2, 0) is 13.0 Å². The number of imidazole rings is 1. The summed E-state index contributed by atoms with van der Waals surface area (Å²) in [5, 5.41) is 0. The molecule has 5 nitrogen and oxygen atoms in total. The van der Waals surface area contributed by atoms with Crippen molar-refractivity contribution in [3.8, 4) is 0 Å². The summed E-state index contributed by atoms with van der Waals surface area (Å²) in [7, 11) is 4.40. The molecule has 1 aliphatic heterocycles. The van der Waals surface area contributed by atoms with Crippen molar-refractivity contribution in [1.29, 1.82) is 0 Å². The van der Waals surface area contributed by atoms with E-state index in [1.807, 2.05) is 18.5 Å². The number of halogens is 1. The zero-order valence-corrected chi connectivity index (χ0v) is 13.4. The Morgan fingerprint density at radius 2 is 2.19 bits per heavy atom. The molecule has 2 aromatic rings. The second-order valence-electron chi connectivity index (χ2n) is 5.84. The van der Waals surface area contributed by atoms with Crippen LogP contribution in [0, 0.1) is 0 Å². The van der Waals surface area contributed by atoms with E-state index in [-0.39, 0.29) is 0 Å². The van der Waals surface area contributed by atoms with Gasteiger partial charge in [-0.25, -0.2) is 4.98 Å². The van der Waals surface area contributed by atoms with Crippen molar-refractivity contribution in [2.24, 2.45) is 0 Å². The van der Waals surface area contributed by atoms with Crippen LogP contribution < -0.4 is 0 Å². The molecule has 3 heterocycles. The highest BCUT2D eigenvalue weighted by atomic mass is 35.5. The van der Waals surface area contributed by atoms with Gasteiger partial charge in [0.1, 0.15) is 11.3 Å². The minimum atomic E-state index is 0.503. The quantitative estimate of drug-likeness (QED) is 0.802. The van der Waals surface area contributed by atoms with Gasteiger partial charge in [0.05, 0.1) is 11.7 Å². The Bertz CT molecular complexity index is 611. The Kier molecular flexibility index (Phi) is 4.42. The van der Waals surface area contributed by atoms with Crippen molar-refractivity contribution >= 4 is 22.6 Å². The predicted molar refractivity (Wildman–Crippen MR) is 85.9 cm³/mol. The van der Waals surface area contributed by atoms with E-state index < -0.39 is 0 Å². The number of nitrogens with zero attached hydrogens (tertiary/aromatic N) is 5. The molecule has 0 aliphatic carbocycles. The van der Waals surface area contributed by atoms with E-state index in [9.17, 15) is 0 Å². The second-order valence-corrected chi connectivity index (χ2v) is 6.22. The molecule has 0 bridgehead atoms. The third kappa shape index (κ3) is 3.05. The second kappa shape index (κ2) is 6.30. The van der Waals surface area contributed by atoms with Crippen LogP contribution in [0.4, 0.5) is 0 Å². The van der Waals surface area contributed by atoms with Crippen LogP contribution in [0.2, 0.25) is 0 Å². The lowest BCUT2D eigenvalue weighted by atomic mass is 10.2. The monoisotopic (exact) mass is 307 g/mol. The molecule has 1 unspecified atom stereocenters. The largest absolute Gasteiger partial charge is 0.326 e. The number of rotatable bonds is 4. The molecule has 3 rings (SSSR count). The van der Waals surface area contributed by atoms with Crippen LogP contribution in [0.3, 0.4) is 0 Å². The number of likely N-dealkylation sites (N-methyl/N-ethyl adjacent to an activating group) is 2. The number of aryl methyl sites for hydroxylation is 1. The molecule has 1 atom stereocenters. The number of piperazine rings is 1. The van der Waals surface area contributed by atoms with E-state index in [2.05, 4.69) is 33.4 Å². The number of hydrogen-bond donors (Lipinski definition) is 0. The van der Waals surface area contributed by atoms with E-state index >= 15 is 0 Å². The minimum absolute atomic E-state index is 0.503. The maximum absolute atomic E-state index is 5.94. The minimum Gasteiger partial charge on any atom is -0.326 e. The standard InChI is InChI=1S/C15H22ClN5/c1-19-7-8-20(2)12(10-19)11-21-14-4-6-17-9-13(14)18-15(21)3-5-16/h4,6,9,12H,3,5,7-8,10-11H2,1-2H3. The molecule has 114 valence electrons. The highest BCUT2D eigenvalue weighted by molar-refractivity contribution is 6.17. The molecule has 0 spiro atoms. The SMILES string of the molecule is CN1CCN(C)C(Cn2c(CCCl)nc3cnccc32)C1. The summed E-state index contributed by atoms with van der Waals surface area (Å²) in [6, 6.07) is 2.55. The summed E-state index contributed by atoms with van der Waals surface area (Å²) in [6.07, 6.45) is 4.46. The van der Waals surface area contributed by atoms with Crippen molar-refractivity contribution in [3.63, 3.8) is 0 Å². The fourth-order valence-corrected chi connectivity index (χ4v) is 3.19. The van der Waals surface area contributed by atoms with Gasteiger partial charge in [-0.2, -0.15) is 0 Å². The number of aromatic nitrogens is 3. The first-order chi connectivity index (χ1) is 10.2. The van der Waals surface area contributed by atoms with E-state index in [0.717, 1.165) is 49.5 Å². The summed E-state index contributed by atoms with van der Waals surface area (Å²) < 4.78 is 2.32. The van der Waals surface area contributed by atoms with E-state index in [1.165, 1.54) is 0 Å². The molecule has 6 heteroatoms. The smallest absolute Gasteiger partial charge is 0.111 e. The van der Waals surface area contributed by atoms with Crippen LogP contribution >= 0.6 is 11.6 Å². The van der Waals surface area contributed by atoms with Gasteiger partial charge in [-0.1, -0.05) is 0 Å². The summed E-state index contributed by atoms with van der Waals surface area (Å²) in [5.74, 6) is 1.66. The predicted octanol–water partition coefficient (Wildman–Crippen LogP) is 1.46. The number of hydrogen-bond acceptors (Lipinski definition) is 4. The number of alkyl halides is 1. The number of pyridine rings is 1. The molecule has 0 saturated carbocycles. The lowest BCUT2D eigenvalue weighted by Crippen LogP contribution is -2.51. The first kappa shape index (κ1) is 14.8. The topological polar surface area (TPSA) is 37.2 Å². The fraction of sp³-hybridized carbons (Fsp3) is 0.600. The van der Waals surface area contributed by atoms with Crippen molar-refractivity contribution < 1.29 is 0 Å².